The molecular formula is C10H18N2O. The predicted molar refractivity (Wildman–Crippen MR) is 53.5 cm³/mol. The fourth-order valence-corrected chi connectivity index (χ4v) is 1.37. The van der Waals surface area contributed by atoms with Gasteiger partial charge < -0.3 is 10.2 Å². The number of nitrogens with zero attached hydrogens (tertiary/aromatic N) is 1. The van der Waals surface area contributed by atoms with Crippen molar-refractivity contribution in [3.63, 3.8) is 0 Å². The summed E-state index contributed by atoms with van der Waals surface area (Å²) >= 11 is 0. The Labute approximate surface area is 79.3 Å². The highest BCUT2D eigenvalue weighted by Gasteiger charge is 2.15. The highest BCUT2D eigenvalue weighted by Crippen LogP contribution is 2.23. The third-order valence-corrected chi connectivity index (χ3v) is 1.87. The molecule has 1 aromatic rings. The van der Waals surface area contributed by atoms with E-state index < -0.39 is 0 Å². The molecule has 3 nitrogen and oxygen atoms in total. The topological polar surface area (TPSA) is 52.0 Å². The van der Waals surface area contributed by atoms with Gasteiger partial charge in [-0.1, -0.05) is 27.7 Å². The average Bonchev–Trinajstić information content (AvgIpc) is 2.29. The Morgan fingerprint density at radius 3 is 2.38 bits per heavy atom. The molecule has 1 aromatic heterocycles. The van der Waals surface area contributed by atoms with Gasteiger partial charge >= 0.3 is 0 Å². The van der Waals surface area contributed by atoms with Crippen molar-refractivity contribution in [1.29, 1.82) is 0 Å². The number of anilines is 1. The van der Waals surface area contributed by atoms with Crippen molar-refractivity contribution in [3.05, 3.63) is 11.5 Å². The van der Waals surface area contributed by atoms with Crippen molar-refractivity contribution < 1.29 is 4.42 Å². The van der Waals surface area contributed by atoms with Gasteiger partial charge in [-0.2, -0.15) is 4.98 Å². The first-order valence-electron chi connectivity index (χ1n) is 4.75. The van der Waals surface area contributed by atoms with Crippen molar-refractivity contribution >= 4 is 6.01 Å². The Hall–Kier alpha value is -0.990. The molecule has 0 amide bonds. The molecule has 0 saturated heterocycles. The minimum absolute atomic E-state index is 0.291. The van der Waals surface area contributed by atoms with E-state index in [-0.39, 0.29) is 0 Å². The maximum Gasteiger partial charge on any atom is 0.292 e. The fraction of sp³-hybridized carbons (Fsp3) is 0.700. The van der Waals surface area contributed by atoms with Crippen LogP contribution >= 0.6 is 0 Å². The minimum atomic E-state index is 0.291. The summed E-state index contributed by atoms with van der Waals surface area (Å²) in [6.07, 6.45) is 0.939. The quantitative estimate of drug-likeness (QED) is 0.781. The number of nitrogen functional groups attached to an aromatic ring is 1. The summed E-state index contributed by atoms with van der Waals surface area (Å²) in [4.78, 5) is 4.18. The molecule has 2 N–H and O–H groups in total. The van der Waals surface area contributed by atoms with Crippen LogP contribution in [0.2, 0.25) is 0 Å². The molecule has 0 aromatic carbocycles. The third-order valence-electron chi connectivity index (χ3n) is 1.87. The first-order chi connectivity index (χ1) is 6.00. The van der Waals surface area contributed by atoms with Crippen molar-refractivity contribution in [2.45, 2.75) is 40.0 Å². The number of rotatable bonds is 3. The number of oxazole rings is 1. The lowest BCUT2D eigenvalue weighted by molar-refractivity contribution is 0.490. The Bertz CT molecular complexity index is 276. The summed E-state index contributed by atoms with van der Waals surface area (Å²) in [5.74, 6) is 1.88. The Balaban J connectivity index is 2.91. The molecule has 0 saturated carbocycles. The molecule has 1 heterocycles. The van der Waals surface area contributed by atoms with Gasteiger partial charge in [0, 0.05) is 5.92 Å². The van der Waals surface area contributed by atoms with Gasteiger partial charge in [-0.05, 0) is 12.3 Å². The normalized spacial score (nSPS) is 11.5. The standard InChI is InChI=1S/C10H18N2O/c1-6(2)5-8-9(7(3)4)13-10(11)12-8/h6-7H,5H2,1-4H3,(H2,11,12). The van der Waals surface area contributed by atoms with E-state index >= 15 is 0 Å². The molecule has 0 fully saturated rings. The summed E-state index contributed by atoms with van der Waals surface area (Å²) < 4.78 is 5.34. The van der Waals surface area contributed by atoms with E-state index in [1.165, 1.54) is 0 Å². The van der Waals surface area contributed by atoms with Gasteiger partial charge in [0.15, 0.2) is 0 Å². The summed E-state index contributed by atoms with van der Waals surface area (Å²) in [5, 5.41) is 0. The first-order valence-corrected chi connectivity index (χ1v) is 4.75. The molecule has 0 atom stereocenters. The van der Waals surface area contributed by atoms with Crippen LogP contribution in [-0.2, 0) is 6.42 Å². The van der Waals surface area contributed by atoms with Crippen LogP contribution in [0.25, 0.3) is 0 Å². The second kappa shape index (κ2) is 3.81. The lowest BCUT2D eigenvalue weighted by Crippen LogP contribution is -1.99. The van der Waals surface area contributed by atoms with Crippen molar-refractivity contribution in [2.75, 3.05) is 5.73 Å². The second-order valence-electron chi connectivity index (χ2n) is 4.12. The number of aromatic nitrogens is 1. The average molecular weight is 182 g/mol. The van der Waals surface area contributed by atoms with Gasteiger partial charge in [-0.15, -0.1) is 0 Å². The van der Waals surface area contributed by atoms with Crippen molar-refractivity contribution in [3.8, 4) is 0 Å². The van der Waals surface area contributed by atoms with Crippen molar-refractivity contribution in [1.82, 2.24) is 4.98 Å². The Kier molecular flexibility index (Phi) is 2.96. The molecular weight excluding hydrogens is 164 g/mol. The maximum atomic E-state index is 5.52. The van der Waals surface area contributed by atoms with E-state index in [4.69, 9.17) is 10.2 Å². The highest BCUT2D eigenvalue weighted by atomic mass is 16.4. The number of hydrogen-bond acceptors (Lipinski definition) is 3. The summed E-state index contributed by atoms with van der Waals surface area (Å²) in [6.45, 7) is 8.50. The molecule has 74 valence electrons. The Morgan fingerprint density at radius 2 is 1.92 bits per heavy atom. The fourth-order valence-electron chi connectivity index (χ4n) is 1.37. The lowest BCUT2D eigenvalue weighted by atomic mass is 10.0. The highest BCUT2D eigenvalue weighted by molar-refractivity contribution is 5.22. The van der Waals surface area contributed by atoms with Crippen LogP contribution in [-0.4, -0.2) is 4.98 Å². The first kappa shape index (κ1) is 10.1. The molecule has 1 rings (SSSR count). The van der Waals surface area contributed by atoms with Gasteiger partial charge in [-0.25, -0.2) is 0 Å². The smallest absolute Gasteiger partial charge is 0.292 e. The van der Waals surface area contributed by atoms with E-state index in [2.05, 4.69) is 32.7 Å². The van der Waals surface area contributed by atoms with E-state index in [1.54, 1.807) is 0 Å². The van der Waals surface area contributed by atoms with E-state index in [9.17, 15) is 0 Å². The molecule has 0 aliphatic heterocycles. The van der Waals surface area contributed by atoms with Crippen LogP contribution in [0.15, 0.2) is 4.42 Å². The van der Waals surface area contributed by atoms with E-state index in [0.717, 1.165) is 17.9 Å². The van der Waals surface area contributed by atoms with Gasteiger partial charge in [-0.3, -0.25) is 0 Å². The van der Waals surface area contributed by atoms with Gasteiger partial charge in [0.05, 0.1) is 5.69 Å². The van der Waals surface area contributed by atoms with Crippen LogP contribution in [0.5, 0.6) is 0 Å². The van der Waals surface area contributed by atoms with Crippen molar-refractivity contribution in [2.24, 2.45) is 5.92 Å². The van der Waals surface area contributed by atoms with Gasteiger partial charge in [0.25, 0.3) is 6.01 Å². The number of hydrogen-bond donors (Lipinski definition) is 1. The number of nitrogens with two attached hydrogens (primary N) is 1. The molecule has 0 bridgehead atoms. The van der Waals surface area contributed by atoms with Gasteiger partial charge in [0.1, 0.15) is 5.76 Å². The third kappa shape index (κ3) is 2.47. The molecule has 3 heteroatoms. The van der Waals surface area contributed by atoms with Crippen LogP contribution in [0.3, 0.4) is 0 Å². The summed E-state index contributed by atoms with van der Waals surface area (Å²) in [6, 6.07) is 0.291. The zero-order chi connectivity index (χ0) is 10.0. The lowest BCUT2D eigenvalue weighted by Gasteiger charge is -2.05. The SMILES string of the molecule is CC(C)Cc1nc(N)oc1C(C)C. The molecule has 13 heavy (non-hydrogen) atoms. The summed E-state index contributed by atoms with van der Waals surface area (Å²) in [5.41, 5.74) is 6.53. The largest absolute Gasteiger partial charge is 0.428 e. The van der Waals surface area contributed by atoms with Crippen LogP contribution < -0.4 is 5.73 Å². The minimum Gasteiger partial charge on any atom is -0.428 e. The predicted octanol–water partition coefficient (Wildman–Crippen LogP) is 2.58. The molecule has 0 aliphatic carbocycles. The van der Waals surface area contributed by atoms with E-state index in [1.807, 2.05) is 0 Å². The molecule has 0 radical (unpaired) electrons. The van der Waals surface area contributed by atoms with Crippen LogP contribution in [0.4, 0.5) is 6.01 Å². The van der Waals surface area contributed by atoms with E-state index in [0.29, 0.717) is 17.9 Å². The monoisotopic (exact) mass is 182 g/mol. The Morgan fingerprint density at radius 1 is 1.31 bits per heavy atom. The second-order valence-corrected chi connectivity index (χ2v) is 4.12. The molecule has 0 spiro atoms. The zero-order valence-corrected chi connectivity index (χ0v) is 8.79. The molecule has 0 aliphatic rings. The van der Waals surface area contributed by atoms with Crippen LogP contribution in [0.1, 0.15) is 45.1 Å². The molecule has 0 unspecified atom stereocenters. The van der Waals surface area contributed by atoms with Gasteiger partial charge in [0.2, 0.25) is 0 Å². The zero-order valence-electron chi connectivity index (χ0n) is 8.79. The maximum absolute atomic E-state index is 5.52. The van der Waals surface area contributed by atoms with Crippen LogP contribution in [0, 0.1) is 5.92 Å². The summed E-state index contributed by atoms with van der Waals surface area (Å²) in [7, 11) is 0.